The molecule has 3 heterocycles. The van der Waals surface area contributed by atoms with Crippen LogP contribution in [0.3, 0.4) is 0 Å². The summed E-state index contributed by atoms with van der Waals surface area (Å²) in [5.41, 5.74) is 3.66. The van der Waals surface area contributed by atoms with Crippen molar-refractivity contribution < 1.29 is 4.79 Å². The van der Waals surface area contributed by atoms with Crippen LogP contribution in [0.4, 0.5) is 0 Å². The highest BCUT2D eigenvalue weighted by atomic mass is 32.2. The number of likely N-dealkylation sites (tertiary alicyclic amines) is 1. The Bertz CT molecular complexity index is 1060. The van der Waals surface area contributed by atoms with E-state index in [0.29, 0.717) is 12.3 Å². The van der Waals surface area contributed by atoms with Crippen LogP contribution in [0.15, 0.2) is 59.8 Å². The van der Waals surface area contributed by atoms with Gasteiger partial charge in [-0.2, -0.15) is 0 Å². The lowest BCUT2D eigenvalue weighted by Crippen LogP contribution is -2.37. The number of fused-ring (bicyclic) bond motifs is 1. The first-order valence-corrected chi connectivity index (χ1v) is 12.5. The maximum Gasteiger partial charge on any atom is 0.233 e. The average molecular weight is 448 g/mol. The second kappa shape index (κ2) is 9.88. The second-order valence-corrected chi connectivity index (χ2v) is 9.47. The highest BCUT2D eigenvalue weighted by Crippen LogP contribution is 2.25. The first-order valence-electron chi connectivity index (χ1n) is 11.5. The quantitative estimate of drug-likeness (QED) is 0.536. The van der Waals surface area contributed by atoms with Gasteiger partial charge in [0.25, 0.3) is 0 Å². The Kier molecular flexibility index (Phi) is 6.55. The summed E-state index contributed by atoms with van der Waals surface area (Å²) < 4.78 is 2.12. The summed E-state index contributed by atoms with van der Waals surface area (Å²) in [5, 5.41) is 9.81. The zero-order chi connectivity index (χ0) is 21.8. The predicted molar refractivity (Wildman–Crippen MR) is 127 cm³/mol. The molecule has 1 saturated heterocycles. The number of aromatic nitrogens is 3. The largest absolute Gasteiger partial charge is 0.337 e. The number of amides is 1. The minimum absolute atomic E-state index is 0.157. The predicted octanol–water partition coefficient (Wildman–Crippen LogP) is 3.93. The Hall–Kier alpha value is -2.64. The molecule has 0 saturated carbocycles. The molecule has 2 aromatic carbocycles. The van der Waals surface area contributed by atoms with Crippen molar-refractivity contribution in [3.05, 3.63) is 71.5 Å². The summed E-state index contributed by atoms with van der Waals surface area (Å²) in [5.74, 6) is 1.47. The Morgan fingerprint density at radius 2 is 1.62 bits per heavy atom. The van der Waals surface area contributed by atoms with Crippen molar-refractivity contribution in [1.29, 1.82) is 0 Å². The smallest absolute Gasteiger partial charge is 0.233 e. The van der Waals surface area contributed by atoms with Crippen LogP contribution >= 0.6 is 11.8 Å². The molecular weight excluding hydrogens is 418 g/mol. The van der Waals surface area contributed by atoms with Crippen molar-refractivity contribution in [2.45, 2.75) is 43.9 Å². The number of hydrogen-bond acceptors (Lipinski definition) is 5. The van der Waals surface area contributed by atoms with E-state index in [4.69, 9.17) is 0 Å². The van der Waals surface area contributed by atoms with Gasteiger partial charge in [0.1, 0.15) is 0 Å². The van der Waals surface area contributed by atoms with E-state index in [1.54, 1.807) is 0 Å². The number of piperidine rings is 1. The van der Waals surface area contributed by atoms with Crippen molar-refractivity contribution in [1.82, 2.24) is 24.6 Å². The molecule has 2 aliphatic rings. The minimum atomic E-state index is 0.157. The van der Waals surface area contributed by atoms with E-state index in [-0.39, 0.29) is 5.91 Å². The van der Waals surface area contributed by atoms with Crippen LogP contribution in [0, 0.1) is 0 Å². The number of rotatable bonds is 6. The van der Waals surface area contributed by atoms with Gasteiger partial charge in [0, 0.05) is 18.8 Å². The van der Waals surface area contributed by atoms with Gasteiger partial charge in [-0.15, -0.1) is 10.2 Å². The first kappa shape index (κ1) is 21.2. The van der Waals surface area contributed by atoms with Crippen molar-refractivity contribution in [3.8, 4) is 5.69 Å². The number of carbonyl (C=O) groups is 1. The van der Waals surface area contributed by atoms with Gasteiger partial charge >= 0.3 is 0 Å². The monoisotopic (exact) mass is 447 g/mol. The molecule has 2 aliphatic heterocycles. The lowest BCUT2D eigenvalue weighted by molar-refractivity contribution is -0.129. The summed E-state index contributed by atoms with van der Waals surface area (Å²) in [6, 6.07) is 18.7. The third-order valence-electron chi connectivity index (χ3n) is 6.34. The highest BCUT2D eigenvalue weighted by molar-refractivity contribution is 7.99. The molecule has 0 spiro atoms. The van der Waals surface area contributed by atoms with Gasteiger partial charge < -0.3 is 4.90 Å². The van der Waals surface area contributed by atoms with Crippen LogP contribution < -0.4 is 0 Å². The number of thioether (sulfide) groups is 1. The van der Waals surface area contributed by atoms with Gasteiger partial charge in [-0.05, 0) is 55.6 Å². The fraction of sp³-hybridized carbons (Fsp3) is 0.400. The summed E-state index contributed by atoms with van der Waals surface area (Å²) in [6.07, 6.45) is 4.72. The molecule has 0 radical (unpaired) electrons. The van der Waals surface area contributed by atoms with E-state index >= 15 is 0 Å². The molecule has 1 amide bonds. The Balaban J connectivity index is 1.30. The Morgan fingerprint density at radius 1 is 0.875 bits per heavy atom. The molecule has 32 heavy (non-hydrogen) atoms. The average Bonchev–Trinajstić information content (AvgIpc) is 3.25. The van der Waals surface area contributed by atoms with Crippen LogP contribution in [0.5, 0.6) is 0 Å². The number of carbonyl (C=O) groups excluding carboxylic acids is 1. The SMILES string of the molecule is O=C(CSc1nnc(CN2CCCCC2)n1-c1ccccc1)N1CCc2ccccc2C1. The normalized spacial score (nSPS) is 16.7. The molecule has 0 N–H and O–H groups in total. The van der Waals surface area contributed by atoms with Gasteiger partial charge in [-0.25, -0.2) is 0 Å². The van der Waals surface area contributed by atoms with E-state index in [0.717, 1.165) is 49.3 Å². The van der Waals surface area contributed by atoms with Crippen LogP contribution in [-0.2, 0) is 24.3 Å². The minimum Gasteiger partial charge on any atom is -0.337 e. The first-order chi connectivity index (χ1) is 15.8. The molecule has 1 aromatic heterocycles. The summed E-state index contributed by atoms with van der Waals surface area (Å²) >= 11 is 1.49. The fourth-order valence-corrected chi connectivity index (χ4v) is 5.45. The zero-order valence-corrected chi connectivity index (χ0v) is 19.1. The molecule has 0 aliphatic carbocycles. The van der Waals surface area contributed by atoms with E-state index < -0.39 is 0 Å². The fourth-order valence-electron chi connectivity index (χ4n) is 4.58. The molecule has 166 valence electrons. The summed E-state index contributed by atoms with van der Waals surface area (Å²) in [4.78, 5) is 17.4. The third-order valence-corrected chi connectivity index (χ3v) is 7.25. The summed E-state index contributed by atoms with van der Waals surface area (Å²) in [7, 11) is 0. The van der Waals surface area contributed by atoms with Gasteiger partial charge in [0.2, 0.25) is 5.91 Å². The van der Waals surface area contributed by atoms with Crippen LogP contribution in [-0.4, -0.2) is 55.9 Å². The Labute approximate surface area is 193 Å². The Morgan fingerprint density at radius 3 is 2.44 bits per heavy atom. The lowest BCUT2D eigenvalue weighted by atomic mass is 10.00. The van der Waals surface area contributed by atoms with Crippen LogP contribution in [0.25, 0.3) is 5.69 Å². The molecule has 1 fully saturated rings. The van der Waals surface area contributed by atoms with Gasteiger partial charge in [0.05, 0.1) is 12.3 Å². The van der Waals surface area contributed by atoms with Crippen LogP contribution in [0.1, 0.15) is 36.2 Å². The molecule has 6 nitrogen and oxygen atoms in total. The molecule has 5 rings (SSSR count). The van der Waals surface area contributed by atoms with Crippen molar-refractivity contribution in [3.63, 3.8) is 0 Å². The molecule has 7 heteroatoms. The maximum atomic E-state index is 13.0. The van der Waals surface area contributed by atoms with Gasteiger partial charge in [-0.1, -0.05) is 60.6 Å². The maximum absolute atomic E-state index is 13.0. The number of para-hydroxylation sites is 1. The second-order valence-electron chi connectivity index (χ2n) is 8.53. The van der Waals surface area contributed by atoms with Crippen LogP contribution in [0.2, 0.25) is 0 Å². The van der Waals surface area contributed by atoms with E-state index in [9.17, 15) is 4.79 Å². The van der Waals surface area contributed by atoms with E-state index in [2.05, 4.69) is 50.0 Å². The summed E-state index contributed by atoms with van der Waals surface area (Å²) in [6.45, 7) is 4.49. The number of hydrogen-bond donors (Lipinski definition) is 0. The zero-order valence-electron chi connectivity index (χ0n) is 18.3. The molecule has 0 atom stereocenters. The topological polar surface area (TPSA) is 54.3 Å². The lowest BCUT2D eigenvalue weighted by Gasteiger charge is -2.28. The third kappa shape index (κ3) is 4.74. The molecular formula is C25H29N5OS. The number of benzene rings is 2. The van der Waals surface area contributed by atoms with E-state index in [1.165, 1.54) is 42.2 Å². The van der Waals surface area contributed by atoms with Gasteiger partial charge in [-0.3, -0.25) is 14.3 Å². The molecule has 0 unspecified atom stereocenters. The van der Waals surface area contributed by atoms with E-state index in [1.807, 2.05) is 29.2 Å². The van der Waals surface area contributed by atoms with Gasteiger partial charge in [0.15, 0.2) is 11.0 Å². The highest BCUT2D eigenvalue weighted by Gasteiger charge is 2.23. The molecule has 3 aromatic rings. The number of nitrogens with zero attached hydrogens (tertiary/aromatic N) is 5. The molecule has 0 bridgehead atoms. The standard InChI is InChI=1S/C25H29N5OS/c31-24(29-16-13-20-9-5-6-10-21(20)17-29)19-32-25-27-26-23(18-28-14-7-2-8-15-28)30(25)22-11-3-1-4-12-22/h1,3-6,9-12H,2,7-8,13-19H2. The van der Waals surface area contributed by atoms with Crippen molar-refractivity contribution >= 4 is 17.7 Å². The van der Waals surface area contributed by atoms with Crippen molar-refractivity contribution in [2.24, 2.45) is 0 Å². The van der Waals surface area contributed by atoms with Crippen molar-refractivity contribution in [2.75, 3.05) is 25.4 Å².